The van der Waals surface area contributed by atoms with Crippen LogP contribution >= 0.6 is 0 Å². The molecule has 2 atom stereocenters. The minimum absolute atomic E-state index is 0.00623. The lowest BCUT2D eigenvalue weighted by Crippen LogP contribution is -2.39. The summed E-state index contributed by atoms with van der Waals surface area (Å²) in [5.74, 6) is 0.415. The van der Waals surface area contributed by atoms with Gasteiger partial charge in [0.15, 0.2) is 8.32 Å². The van der Waals surface area contributed by atoms with Crippen LogP contribution in [0.2, 0.25) is 19.6 Å². The highest BCUT2D eigenvalue weighted by atomic mass is 28.4. The van der Waals surface area contributed by atoms with Gasteiger partial charge in [0.1, 0.15) is 6.29 Å². The molecule has 78 valence electrons. The maximum atomic E-state index is 10.7. The highest BCUT2D eigenvalue weighted by Crippen LogP contribution is 2.20. The lowest BCUT2D eigenvalue weighted by Gasteiger charge is -2.31. The van der Waals surface area contributed by atoms with Crippen molar-refractivity contribution in [1.29, 1.82) is 0 Å². The van der Waals surface area contributed by atoms with E-state index >= 15 is 0 Å². The average Bonchev–Trinajstić information content (AvgIpc) is 1.96. The van der Waals surface area contributed by atoms with Gasteiger partial charge in [-0.3, -0.25) is 0 Å². The Hall–Kier alpha value is -0.153. The fourth-order valence-corrected chi connectivity index (χ4v) is 2.64. The Morgan fingerprint density at radius 2 is 1.62 bits per heavy atom. The van der Waals surface area contributed by atoms with Gasteiger partial charge in [0.25, 0.3) is 0 Å². The topological polar surface area (TPSA) is 26.3 Å². The molecule has 0 heterocycles. The minimum atomic E-state index is -1.52. The number of carbonyl (C=O) groups excluding carboxylic acids is 1. The third kappa shape index (κ3) is 5.21. The van der Waals surface area contributed by atoms with Gasteiger partial charge in [-0.2, -0.15) is 0 Å². The van der Waals surface area contributed by atoms with E-state index in [0.29, 0.717) is 5.92 Å². The molecule has 0 saturated carbocycles. The molecule has 0 N–H and O–H groups in total. The maximum Gasteiger partial charge on any atom is 0.184 e. The minimum Gasteiger partial charge on any atom is -0.414 e. The van der Waals surface area contributed by atoms with Gasteiger partial charge in [-0.15, -0.1) is 0 Å². The largest absolute Gasteiger partial charge is 0.414 e. The van der Waals surface area contributed by atoms with Gasteiger partial charge in [0, 0.05) is 5.92 Å². The van der Waals surface area contributed by atoms with E-state index in [1.165, 1.54) is 0 Å². The first-order valence-electron chi connectivity index (χ1n) is 4.91. The molecule has 0 rings (SSSR count). The molecule has 0 fully saturated rings. The first kappa shape index (κ1) is 12.8. The van der Waals surface area contributed by atoms with Gasteiger partial charge in [-0.25, -0.2) is 0 Å². The van der Waals surface area contributed by atoms with Gasteiger partial charge in [0.2, 0.25) is 0 Å². The quantitative estimate of drug-likeness (QED) is 0.506. The molecule has 3 heteroatoms. The second-order valence-electron chi connectivity index (χ2n) is 4.93. The van der Waals surface area contributed by atoms with E-state index < -0.39 is 8.32 Å². The van der Waals surface area contributed by atoms with Crippen LogP contribution in [0, 0.1) is 11.8 Å². The van der Waals surface area contributed by atoms with E-state index in [4.69, 9.17) is 4.43 Å². The number of carbonyl (C=O) groups is 1. The molecule has 13 heavy (non-hydrogen) atoms. The van der Waals surface area contributed by atoms with Crippen molar-refractivity contribution < 1.29 is 9.22 Å². The lowest BCUT2D eigenvalue weighted by atomic mass is 9.96. The van der Waals surface area contributed by atoms with Crippen molar-refractivity contribution in [3.05, 3.63) is 0 Å². The Kier molecular flexibility index (Phi) is 4.85. The summed E-state index contributed by atoms with van der Waals surface area (Å²) in [7, 11) is -1.52. The monoisotopic (exact) mass is 202 g/mol. The molecule has 0 aromatic carbocycles. The van der Waals surface area contributed by atoms with Crippen LogP contribution in [0.25, 0.3) is 0 Å². The molecule has 0 aromatic rings. The Labute approximate surface area is 82.8 Å². The lowest BCUT2D eigenvalue weighted by molar-refractivity contribution is -0.114. The average molecular weight is 202 g/mol. The fraction of sp³-hybridized carbons (Fsp3) is 0.900. The van der Waals surface area contributed by atoms with E-state index in [-0.39, 0.29) is 12.0 Å². The van der Waals surface area contributed by atoms with Crippen LogP contribution in [0.3, 0.4) is 0 Å². The third-order valence-corrected chi connectivity index (χ3v) is 2.86. The second-order valence-corrected chi connectivity index (χ2v) is 9.39. The zero-order chi connectivity index (χ0) is 10.6. The zero-order valence-corrected chi connectivity index (χ0v) is 10.6. The van der Waals surface area contributed by atoms with Crippen molar-refractivity contribution in [2.24, 2.45) is 11.8 Å². The van der Waals surface area contributed by atoms with Gasteiger partial charge in [0.05, 0.1) is 6.10 Å². The summed E-state index contributed by atoms with van der Waals surface area (Å²) in [4.78, 5) is 10.7. The van der Waals surface area contributed by atoms with E-state index in [9.17, 15) is 4.79 Å². The fourth-order valence-electron chi connectivity index (χ4n) is 1.34. The third-order valence-electron chi connectivity index (χ3n) is 1.88. The summed E-state index contributed by atoms with van der Waals surface area (Å²) in [5, 5.41) is 0. The molecule has 0 aliphatic rings. The summed E-state index contributed by atoms with van der Waals surface area (Å²) in [6, 6.07) is 0. The molecule has 0 radical (unpaired) electrons. The Morgan fingerprint density at radius 3 is 1.85 bits per heavy atom. The molecular formula is C10H22O2Si. The first-order valence-corrected chi connectivity index (χ1v) is 8.32. The normalized spacial score (nSPS) is 17.2. The van der Waals surface area contributed by atoms with Gasteiger partial charge in [-0.05, 0) is 25.6 Å². The predicted octanol–water partition coefficient (Wildman–Crippen LogP) is 2.70. The van der Waals surface area contributed by atoms with E-state index in [1.54, 1.807) is 0 Å². The smallest absolute Gasteiger partial charge is 0.184 e. The van der Waals surface area contributed by atoms with Crippen molar-refractivity contribution in [1.82, 2.24) is 0 Å². The summed E-state index contributed by atoms with van der Waals surface area (Å²) in [6.07, 6.45) is 1.08. The van der Waals surface area contributed by atoms with Crippen LogP contribution in [0.4, 0.5) is 0 Å². The van der Waals surface area contributed by atoms with Crippen LogP contribution in [-0.2, 0) is 9.22 Å². The SMILES string of the molecule is CC(C)[C@H](O[Si](C)(C)C)[C@H](C)C=O. The zero-order valence-electron chi connectivity index (χ0n) is 9.63. The summed E-state index contributed by atoms with van der Waals surface area (Å²) >= 11 is 0. The second kappa shape index (κ2) is 4.91. The highest BCUT2D eigenvalue weighted by molar-refractivity contribution is 6.69. The van der Waals surface area contributed by atoms with Crippen molar-refractivity contribution in [3.8, 4) is 0 Å². The number of hydrogen-bond acceptors (Lipinski definition) is 2. The first-order chi connectivity index (χ1) is 5.78. The van der Waals surface area contributed by atoms with Crippen molar-refractivity contribution >= 4 is 14.6 Å². The van der Waals surface area contributed by atoms with E-state index in [0.717, 1.165) is 6.29 Å². The molecule has 0 bridgehead atoms. The Morgan fingerprint density at radius 1 is 1.15 bits per heavy atom. The van der Waals surface area contributed by atoms with Crippen molar-refractivity contribution in [2.45, 2.75) is 46.5 Å². The van der Waals surface area contributed by atoms with E-state index in [2.05, 4.69) is 33.5 Å². The predicted molar refractivity (Wildman–Crippen MR) is 58.3 cm³/mol. The molecule has 0 spiro atoms. The highest BCUT2D eigenvalue weighted by Gasteiger charge is 2.27. The standard InChI is InChI=1S/C10H22O2Si/c1-8(2)10(9(3)7-11)12-13(4,5)6/h7-10H,1-6H3/t9-,10+/m1/s1. The summed E-state index contributed by atoms with van der Waals surface area (Å²) in [5.41, 5.74) is 0. The van der Waals surface area contributed by atoms with Crippen LogP contribution < -0.4 is 0 Å². The molecule has 2 nitrogen and oxygen atoms in total. The number of hydrogen-bond donors (Lipinski definition) is 0. The molecule has 0 saturated heterocycles. The van der Waals surface area contributed by atoms with Gasteiger partial charge in [-0.1, -0.05) is 20.8 Å². The van der Waals surface area contributed by atoms with Crippen LogP contribution in [0.1, 0.15) is 20.8 Å². The molecular weight excluding hydrogens is 180 g/mol. The Bertz CT molecular complexity index is 161. The van der Waals surface area contributed by atoms with Gasteiger partial charge >= 0.3 is 0 Å². The molecule has 0 unspecified atom stereocenters. The molecule has 0 aromatic heterocycles. The number of aldehydes is 1. The maximum absolute atomic E-state index is 10.7. The van der Waals surface area contributed by atoms with Crippen LogP contribution in [-0.4, -0.2) is 20.7 Å². The van der Waals surface area contributed by atoms with Crippen LogP contribution in [0.5, 0.6) is 0 Å². The van der Waals surface area contributed by atoms with Crippen molar-refractivity contribution in [3.63, 3.8) is 0 Å². The van der Waals surface area contributed by atoms with Gasteiger partial charge < -0.3 is 9.22 Å². The Balaban J connectivity index is 4.35. The number of rotatable bonds is 5. The van der Waals surface area contributed by atoms with Crippen molar-refractivity contribution in [2.75, 3.05) is 0 Å². The van der Waals surface area contributed by atoms with Crippen LogP contribution in [0.15, 0.2) is 0 Å². The molecule has 0 aliphatic heterocycles. The molecule has 0 amide bonds. The summed E-state index contributed by atoms with van der Waals surface area (Å²) in [6.45, 7) is 12.6. The van der Waals surface area contributed by atoms with E-state index in [1.807, 2.05) is 6.92 Å². The summed E-state index contributed by atoms with van der Waals surface area (Å²) < 4.78 is 5.96. The molecule has 0 aliphatic carbocycles.